The van der Waals surface area contributed by atoms with Crippen LogP contribution >= 0.6 is 46.0 Å². The molecule has 0 aromatic heterocycles. The van der Waals surface area contributed by atoms with Gasteiger partial charge in [-0.3, -0.25) is 0 Å². The molecule has 5 atom stereocenters. The van der Waals surface area contributed by atoms with Crippen molar-refractivity contribution >= 4 is 46.0 Å². The van der Waals surface area contributed by atoms with Crippen LogP contribution in [0.3, 0.4) is 0 Å². The second kappa shape index (κ2) is 11.7. The minimum Gasteiger partial charge on any atom is -0.303 e. The highest BCUT2D eigenvalue weighted by molar-refractivity contribution is 14.1. The van der Waals surface area contributed by atoms with Crippen molar-refractivity contribution in [3.63, 3.8) is 0 Å². The van der Waals surface area contributed by atoms with E-state index in [2.05, 4.69) is 26.1 Å². The number of quaternary nitrogens is 5. The predicted molar refractivity (Wildman–Crippen MR) is 89.5 cm³/mol. The Balaban J connectivity index is 3.20. The Morgan fingerprint density at radius 3 is 2.03 bits per heavy atom. The molecule has 0 amide bonds. The fourth-order valence-corrected chi connectivity index (χ4v) is 1.60. The maximum absolute atomic E-state index is 9.74. The maximum Gasteiger partial charge on any atom is 0.321 e. The van der Waals surface area contributed by atoms with Gasteiger partial charge in [-0.05, 0) is 8.81 Å². The van der Waals surface area contributed by atoms with E-state index >= 15 is 0 Å². The first-order chi connectivity index (χ1) is 14.2. The van der Waals surface area contributed by atoms with Crippen LogP contribution in [0, 0.1) is 0 Å². The summed E-state index contributed by atoms with van der Waals surface area (Å²) in [5.74, 6) is 37.8. The van der Waals surface area contributed by atoms with Crippen molar-refractivity contribution < 1.29 is 81.3 Å². The summed E-state index contributed by atoms with van der Waals surface area (Å²) in [5.41, 5.74) is 8.32. The van der Waals surface area contributed by atoms with Crippen molar-refractivity contribution in [2.24, 2.45) is 46.6 Å². The molecule has 31 heavy (non-hydrogen) atoms. The Morgan fingerprint density at radius 1 is 1.03 bits per heavy atom. The summed E-state index contributed by atoms with van der Waals surface area (Å²) in [6.45, 7) is -0.582. The molecule has 0 radical (unpaired) electrons. The molecule has 1 fully saturated rings. The topological polar surface area (TPSA) is 357 Å². The number of rotatable bonds is 12. The lowest BCUT2D eigenvalue weighted by Gasteiger charge is -2.31. The zero-order valence-electron chi connectivity index (χ0n) is 14.7. The first-order valence-corrected chi connectivity index (χ1v) is 8.34. The third-order valence-corrected chi connectivity index (χ3v) is 2.76. The molecular weight excluding hydrogens is 682 g/mol. The highest BCUT2D eigenvalue weighted by Gasteiger charge is 2.70. The summed E-state index contributed by atoms with van der Waals surface area (Å²) >= 11 is 2.50. The van der Waals surface area contributed by atoms with E-state index in [-0.39, 0.29) is 5.34 Å². The second-order valence-corrected chi connectivity index (χ2v) is 5.16. The highest BCUT2D eigenvalue weighted by Crippen LogP contribution is 2.25. The number of hydrogen-bond acceptors (Lipinski definition) is 23. The summed E-state index contributed by atoms with van der Waals surface area (Å²) in [4.78, 5) is 41.7. The zero-order valence-corrected chi connectivity index (χ0v) is 19.0. The van der Waals surface area contributed by atoms with Gasteiger partial charge in [0.2, 0.25) is 28.1 Å². The Morgan fingerprint density at radius 2 is 1.58 bits per heavy atom. The van der Waals surface area contributed by atoms with Crippen molar-refractivity contribution in [2.45, 2.75) is 0 Å². The van der Waals surface area contributed by atoms with E-state index < -0.39 is 32.1 Å². The monoisotopic (exact) mass is 703 g/mol. The number of nitrogens with two attached hydrogens (primary N) is 8. The van der Waals surface area contributed by atoms with Crippen molar-refractivity contribution in [1.82, 2.24) is 16.6 Å². The van der Waals surface area contributed by atoms with Gasteiger partial charge in [-0.25, -0.2) is 14.9 Å². The van der Waals surface area contributed by atoms with Crippen LogP contribution in [0.2, 0.25) is 0 Å². The van der Waals surface area contributed by atoms with E-state index in [0.29, 0.717) is 0 Å². The van der Waals surface area contributed by atoms with Gasteiger partial charge in [0.15, 0.2) is 26.5 Å². The van der Waals surface area contributed by atoms with Gasteiger partial charge in [-0.2, -0.15) is 0 Å². The Bertz CT molecular complexity index is 563. The minimum absolute atomic E-state index is 0.248. The summed E-state index contributed by atoms with van der Waals surface area (Å²) < 4.78 is 8.86. The van der Waals surface area contributed by atoms with Gasteiger partial charge in [0.05, 0.1) is 0 Å². The van der Waals surface area contributed by atoms with Gasteiger partial charge >= 0.3 is 15.2 Å². The molecule has 1 saturated heterocycles. The Hall–Kier alpha value is 0.340. The smallest absolute Gasteiger partial charge is 0.303 e. The van der Waals surface area contributed by atoms with Crippen LogP contribution in [0.5, 0.6) is 0 Å². The average Bonchev–Trinajstić information content (AvgIpc) is 2.57. The number of halogens is 2. The lowest BCUT2D eigenvalue weighted by molar-refractivity contribution is -1.74. The van der Waals surface area contributed by atoms with Gasteiger partial charge < -0.3 is 5.73 Å². The normalized spacial score (nSPS) is 34.5. The van der Waals surface area contributed by atoms with E-state index in [0.717, 1.165) is 0 Å². The first-order valence-electron chi connectivity index (χ1n) is 6.58. The molecular formula is CH21I2N16O12+5. The SMILES string of the molecule is NCO[N+](N)(OI)O[N+]1(N)ON(N)O[N+](N)(O[N+](N)(O)ONOI)O[N+](N)(ONN)O1. The summed E-state index contributed by atoms with van der Waals surface area (Å²) in [6.07, 6.45) is 0. The van der Waals surface area contributed by atoms with Gasteiger partial charge in [-0.1, -0.05) is 39.6 Å². The molecule has 0 bridgehead atoms. The van der Waals surface area contributed by atoms with Gasteiger partial charge in [0.25, 0.3) is 5.08 Å². The second-order valence-electron chi connectivity index (χ2n) is 4.32. The quantitative estimate of drug-likeness (QED) is 0.0296. The molecule has 1 heterocycles. The van der Waals surface area contributed by atoms with E-state index in [1.54, 1.807) is 5.64 Å². The van der Waals surface area contributed by atoms with Crippen molar-refractivity contribution in [2.75, 3.05) is 6.73 Å². The highest BCUT2D eigenvalue weighted by atomic mass is 127. The number of nitrogens with zero attached hydrogens (tertiary/aromatic N) is 6. The molecule has 186 valence electrons. The van der Waals surface area contributed by atoms with E-state index in [1.807, 2.05) is 0 Å². The zero-order chi connectivity index (χ0) is 24.0. The van der Waals surface area contributed by atoms with Crippen LogP contribution in [0.15, 0.2) is 0 Å². The maximum atomic E-state index is 9.74. The number of hydrazine groups is 2. The van der Waals surface area contributed by atoms with Crippen LogP contribution in [0.1, 0.15) is 0 Å². The molecule has 0 aromatic carbocycles. The van der Waals surface area contributed by atoms with Crippen molar-refractivity contribution in [3.8, 4) is 0 Å². The molecule has 0 saturated carbocycles. The molecule has 19 N–H and O–H groups in total. The van der Waals surface area contributed by atoms with E-state index in [4.69, 9.17) is 71.2 Å². The molecule has 1 aliphatic rings. The van der Waals surface area contributed by atoms with Crippen molar-refractivity contribution in [1.29, 1.82) is 0 Å². The van der Waals surface area contributed by atoms with Gasteiger partial charge in [0.1, 0.15) is 28.3 Å². The van der Waals surface area contributed by atoms with Crippen LogP contribution in [0.4, 0.5) is 0 Å². The molecule has 0 aromatic rings. The summed E-state index contributed by atoms with van der Waals surface area (Å²) in [5, 5.41) is -1.82. The van der Waals surface area contributed by atoms with E-state index in [1.165, 1.54) is 51.6 Å². The van der Waals surface area contributed by atoms with Gasteiger partial charge in [0, 0.05) is 19.8 Å². The Labute approximate surface area is 197 Å². The lowest BCUT2D eigenvalue weighted by Crippen LogP contribution is -2.80. The minimum atomic E-state index is -2.46. The molecule has 30 heteroatoms. The third kappa shape index (κ3) is 9.62. The molecule has 0 spiro atoms. The largest absolute Gasteiger partial charge is 0.321 e. The van der Waals surface area contributed by atoms with Crippen molar-refractivity contribution in [3.05, 3.63) is 0 Å². The molecule has 28 nitrogen and oxygen atoms in total. The fraction of sp³-hybridized carbons (Fsp3) is 1.00. The molecule has 1 aliphatic heterocycles. The fourth-order valence-electron chi connectivity index (χ4n) is 1.33. The van der Waals surface area contributed by atoms with Crippen LogP contribution in [-0.2, 0) is 50.7 Å². The van der Waals surface area contributed by atoms with Gasteiger partial charge in [-0.15, -0.1) is 5.21 Å². The molecule has 1 rings (SSSR count). The van der Waals surface area contributed by atoms with Crippen LogP contribution < -0.4 is 57.9 Å². The third-order valence-electron chi connectivity index (χ3n) is 2.03. The summed E-state index contributed by atoms with van der Waals surface area (Å²) in [7, 11) is 0. The molecule has 0 aliphatic carbocycles. The van der Waals surface area contributed by atoms with Crippen LogP contribution in [-0.4, -0.2) is 42.7 Å². The summed E-state index contributed by atoms with van der Waals surface area (Å²) in [6, 6.07) is 0. The predicted octanol–water partition coefficient (Wildman–Crippen LogP) is -6.75. The first kappa shape index (κ1) is 29.4. The Kier molecular flexibility index (Phi) is 11.0. The van der Waals surface area contributed by atoms with Crippen LogP contribution in [0.25, 0.3) is 0 Å². The standard InChI is InChI=1S/CH21I2N16O12/c2-22-13-25-15(7,20)28-18(10)26-14(6)27-19(11,29-16(8,23-3)21-1-4)31-17(9,30-18)24-12-5/h12-13,20H,1,4-11H2/q+5. The average molecular weight is 703 g/mol. The van der Waals surface area contributed by atoms with E-state index in [9.17, 15) is 5.21 Å². The lowest BCUT2D eigenvalue weighted by atomic mass is 11.4. The number of nitrogens with one attached hydrogen (secondary N) is 2. The molecule has 5 unspecified atom stereocenters. The number of hydrogen-bond donors (Lipinski definition) is 11.